The summed E-state index contributed by atoms with van der Waals surface area (Å²) in [5.41, 5.74) is 5.50. The Morgan fingerprint density at radius 2 is 2.27 bits per heavy atom. The van der Waals surface area contributed by atoms with E-state index in [4.69, 9.17) is 5.73 Å². The molecule has 2 N–H and O–H groups in total. The molecule has 0 radical (unpaired) electrons. The molecule has 0 spiro atoms. The van der Waals surface area contributed by atoms with Crippen molar-refractivity contribution < 1.29 is 4.79 Å². The number of rotatable bonds is 3. The summed E-state index contributed by atoms with van der Waals surface area (Å²) in [6.07, 6.45) is 2.09. The molecule has 1 aliphatic carbocycles. The summed E-state index contributed by atoms with van der Waals surface area (Å²) in [5, 5.41) is 0. The van der Waals surface area contributed by atoms with Crippen LogP contribution in [0.5, 0.6) is 0 Å². The third-order valence-electron chi connectivity index (χ3n) is 3.27. The summed E-state index contributed by atoms with van der Waals surface area (Å²) >= 11 is 0. The lowest BCUT2D eigenvalue weighted by Crippen LogP contribution is -2.21. The third-order valence-corrected chi connectivity index (χ3v) is 3.27. The second-order valence-corrected chi connectivity index (χ2v) is 3.90. The molecule has 0 aromatic rings. The number of amides is 1. The Morgan fingerprint density at radius 1 is 1.73 bits per heavy atom. The van der Waals surface area contributed by atoms with Gasteiger partial charge in [-0.2, -0.15) is 0 Å². The van der Waals surface area contributed by atoms with Crippen LogP contribution in [-0.2, 0) is 4.79 Å². The molecule has 0 heterocycles. The second-order valence-electron chi connectivity index (χ2n) is 3.90. The number of carbonyl (C=O) groups is 1. The van der Waals surface area contributed by atoms with Gasteiger partial charge in [0, 0.05) is 5.92 Å². The first-order chi connectivity index (χ1) is 5.04. The maximum Gasteiger partial charge on any atom is 0.221 e. The van der Waals surface area contributed by atoms with Gasteiger partial charge in [-0.3, -0.25) is 4.79 Å². The molecule has 1 saturated carbocycles. The van der Waals surface area contributed by atoms with Gasteiger partial charge in [-0.1, -0.05) is 20.8 Å². The highest BCUT2D eigenvalue weighted by Crippen LogP contribution is 2.59. The standard InChI is InChI=1S/C9H17NO/c1-4-9(6(2)3)5-7(9)8(10)11/h6-7H,4-5H2,1-3H3,(H2,10,11). The molecule has 1 aliphatic rings. The Labute approximate surface area is 68.2 Å². The molecule has 2 unspecified atom stereocenters. The summed E-state index contributed by atoms with van der Waals surface area (Å²) in [6.45, 7) is 6.49. The van der Waals surface area contributed by atoms with E-state index in [1.54, 1.807) is 0 Å². The zero-order valence-corrected chi connectivity index (χ0v) is 7.55. The monoisotopic (exact) mass is 155 g/mol. The van der Waals surface area contributed by atoms with E-state index in [2.05, 4.69) is 20.8 Å². The van der Waals surface area contributed by atoms with Gasteiger partial charge < -0.3 is 5.73 Å². The van der Waals surface area contributed by atoms with Crippen LogP contribution in [0, 0.1) is 17.3 Å². The van der Waals surface area contributed by atoms with Gasteiger partial charge in [-0.05, 0) is 24.2 Å². The van der Waals surface area contributed by atoms with Crippen LogP contribution in [0.4, 0.5) is 0 Å². The lowest BCUT2D eigenvalue weighted by Gasteiger charge is -2.18. The van der Waals surface area contributed by atoms with Crippen LogP contribution in [-0.4, -0.2) is 5.91 Å². The van der Waals surface area contributed by atoms with Crippen LogP contribution in [0.2, 0.25) is 0 Å². The minimum Gasteiger partial charge on any atom is -0.369 e. The molecule has 0 aromatic carbocycles. The van der Waals surface area contributed by atoms with Crippen LogP contribution >= 0.6 is 0 Å². The van der Waals surface area contributed by atoms with Crippen molar-refractivity contribution in [3.8, 4) is 0 Å². The van der Waals surface area contributed by atoms with Gasteiger partial charge in [0.15, 0.2) is 0 Å². The molecule has 11 heavy (non-hydrogen) atoms. The Balaban J connectivity index is 2.64. The van der Waals surface area contributed by atoms with Gasteiger partial charge in [0.1, 0.15) is 0 Å². The summed E-state index contributed by atoms with van der Waals surface area (Å²) < 4.78 is 0. The highest BCUT2D eigenvalue weighted by atomic mass is 16.1. The van der Waals surface area contributed by atoms with Crippen molar-refractivity contribution in [2.75, 3.05) is 0 Å². The minimum absolute atomic E-state index is 0.111. The van der Waals surface area contributed by atoms with E-state index in [0.717, 1.165) is 12.8 Å². The number of nitrogens with two attached hydrogens (primary N) is 1. The third kappa shape index (κ3) is 1.15. The summed E-state index contributed by atoms with van der Waals surface area (Å²) in [5.74, 6) is 0.637. The number of primary amides is 1. The van der Waals surface area contributed by atoms with E-state index in [0.29, 0.717) is 5.92 Å². The van der Waals surface area contributed by atoms with Gasteiger partial charge in [0.25, 0.3) is 0 Å². The van der Waals surface area contributed by atoms with Gasteiger partial charge in [-0.25, -0.2) is 0 Å². The quantitative estimate of drug-likeness (QED) is 0.660. The first-order valence-electron chi connectivity index (χ1n) is 4.34. The van der Waals surface area contributed by atoms with Crippen molar-refractivity contribution in [1.29, 1.82) is 0 Å². The topological polar surface area (TPSA) is 43.1 Å². The molecule has 64 valence electrons. The van der Waals surface area contributed by atoms with E-state index in [-0.39, 0.29) is 17.2 Å². The highest BCUT2D eigenvalue weighted by Gasteiger charge is 2.57. The largest absolute Gasteiger partial charge is 0.369 e. The lowest BCUT2D eigenvalue weighted by atomic mass is 9.87. The highest BCUT2D eigenvalue weighted by molar-refractivity contribution is 5.80. The number of carbonyl (C=O) groups excluding carboxylic acids is 1. The molecule has 1 fully saturated rings. The Hall–Kier alpha value is -0.530. The molecule has 2 heteroatoms. The number of hydrogen-bond acceptors (Lipinski definition) is 1. The fourth-order valence-electron chi connectivity index (χ4n) is 2.14. The van der Waals surface area contributed by atoms with E-state index in [1.165, 1.54) is 0 Å². The van der Waals surface area contributed by atoms with E-state index >= 15 is 0 Å². The Bertz CT molecular complexity index is 176. The molecule has 1 amide bonds. The predicted octanol–water partition coefficient (Wildman–Crippen LogP) is 1.54. The van der Waals surface area contributed by atoms with Crippen LogP contribution in [0.15, 0.2) is 0 Å². The fraction of sp³-hybridized carbons (Fsp3) is 0.889. The van der Waals surface area contributed by atoms with Crippen LogP contribution in [0.1, 0.15) is 33.6 Å². The zero-order chi connectivity index (χ0) is 8.65. The van der Waals surface area contributed by atoms with Crippen molar-refractivity contribution in [1.82, 2.24) is 0 Å². The van der Waals surface area contributed by atoms with E-state index < -0.39 is 0 Å². The molecule has 2 nitrogen and oxygen atoms in total. The van der Waals surface area contributed by atoms with Gasteiger partial charge in [0.05, 0.1) is 0 Å². The molecular formula is C9H17NO. The molecule has 0 bridgehead atoms. The summed E-state index contributed by atoms with van der Waals surface area (Å²) in [4.78, 5) is 10.9. The predicted molar refractivity (Wildman–Crippen MR) is 44.9 cm³/mol. The van der Waals surface area contributed by atoms with E-state index in [9.17, 15) is 4.79 Å². The molecule has 0 aliphatic heterocycles. The van der Waals surface area contributed by atoms with Crippen LogP contribution in [0.3, 0.4) is 0 Å². The Morgan fingerprint density at radius 3 is 2.36 bits per heavy atom. The number of hydrogen-bond donors (Lipinski definition) is 1. The fourth-order valence-corrected chi connectivity index (χ4v) is 2.14. The molecule has 0 aromatic heterocycles. The van der Waals surface area contributed by atoms with Crippen LogP contribution < -0.4 is 5.73 Å². The minimum atomic E-state index is -0.111. The smallest absolute Gasteiger partial charge is 0.221 e. The molecule has 1 rings (SSSR count). The van der Waals surface area contributed by atoms with Crippen LogP contribution in [0.25, 0.3) is 0 Å². The molecule has 2 atom stereocenters. The maximum absolute atomic E-state index is 10.9. The normalized spacial score (nSPS) is 35.8. The average molecular weight is 155 g/mol. The van der Waals surface area contributed by atoms with Crippen molar-refractivity contribution in [2.24, 2.45) is 23.0 Å². The second kappa shape index (κ2) is 2.50. The average Bonchev–Trinajstić information content (AvgIpc) is 2.62. The zero-order valence-electron chi connectivity index (χ0n) is 7.55. The summed E-state index contributed by atoms with van der Waals surface area (Å²) in [7, 11) is 0. The lowest BCUT2D eigenvalue weighted by molar-refractivity contribution is -0.120. The van der Waals surface area contributed by atoms with Crippen molar-refractivity contribution in [2.45, 2.75) is 33.6 Å². The molecular weight excluding hydrogens is 138 g/mol. The van der Waals surface area contributed by atoms with Gasteiger partial charge >= 0.3 is 0 Å². The van der Waals surface area contributed by atoms with E-state index in [1.807, 2.05) is 0 Å². The first kappa shape index (κ1) is 8.57. The Kier molecular flexibility index (Phi) is 1.95. The van der Waals surface area contributed by atoms with Crippen molar-refractivity contribution in [3.05, 3.63) is 0 Å². The first-order valence-corrected chi connectivity index (χ1v) is 4.34. The van der Waals surface area contributed by atoms with Crippen molar-refractivity contribution in [3.63, 3.8) is 0 Å². The maximum atomic E-state index is 10.9. The summed E-state index contributed by atoms with van der Waals surface area (Å²) in [6, 6.07) is 0. The van der Waals surface area contributed by atoms with Gasteiger partial charge in [0.2, 0.25) is 5.91 Å². The SMILES string of the molecule is CCC1(C(C)C)CC1C(N)=O. The van der Waals surface area contributed by atoms with Gasteiger partial charge in [-0.15, -0.1) is 0 Å². The van der Waals surface area contributed by atoms with Crippen molar-refractivity contribution >= 4 is 5.91 Å². The molecule has 0 saturated heterocycles.